The predicted octanol–water partition coefficient (Wildman–Crippen LogP) is 18.2. The van der Waals surface area contributed by atoms with Crippen LogP contribution in [-0.2, 0) is 5.41 Å². The van der Waals surface area contributed by atoms with Crippen LogP contribution in [0.25, 0.3) is 144 Å². The fourth-order valence-electron chi connectivity index (χ4n) is 13.1. The molecule has 2 aliphatic carbocycles. The van der Waals surface area contributed by atoms with Gasteiger partial charge in [-0.3, -0.25) is 0 Å². The van der Waals surface area contributed by atoms with Gasteiger partial charge in [-0.1, -0.05) is 188 Å². The standard InChI is InChI=1S/C70H39N3O3/c1-6-27-53-44(18-1)45-19-2-7-28-54(45)70(53)55-29-8-3-20-46(55)63-43(23-12-30-56(63)70)42-17-11-16-40(38-42)41-36-37-59-52(39-41)66-51(26-15-35-62(66)76-59)69-72-67(49-24-13-33-60-64(49)47-21-4-9-31-57(47)74-60)71-68(73-69)50-25-14-34-61-65(50)48-22-5-10-32-58(48)75-61/h1-39H. The van der Waals surface area contributed by atoms with Crippen molar-refractivity contribution in [2.24, 2.45) is 0 Å². The lowest BCUT2D eigenvalue weighted by Crippen LogP contribution is -2.25. The third kappa shape index (κ3) is 5.62. The van der Waals surface area contributed by atoms with Crippen molar-refractivity contribution in [3.63, 3.8) is 0 Å². The monoisotopic (exact) mass is 969 g/mol. The minimum atomic E-state index is -0.417. The number of aromatic nitrogens is 3. The summed E-state index contributed by atoms with van der Waals surface area (Å²) in [5.74, 6) is 1.59. The van der Waals surface area contributed by atoms with Crippen molar-refractivity contribution in [3.05, 3.63) is 259 Å². The number of benzene rings is 11. The molecule has 4 aromatic heterocycles. The van der Waals surface area contributed by atoms with Crippen molar-refractivity contribution in [1.29, 1.82) is 0 Å². The lowest BCUT2D eigenvalue weighted by Gasteiger charge is -2.30. The molecule has 0 unspecified atom stereocenters. The lowest BCUT2D eigenvalue weighted by molar-refractivity contribution is 0.668. The number of hydrogen-bond acceptors (Lipinski definition) is 6. The number of furan rings is 3. The molecular weight excluding hydrogens is 931 g/mol. The Morgan fingerprint density at radius 3 is 1.21 bits per heavy atom. The summed E-state index contributed by atoms with van der Waals surface area (Å²) in [5.41, 5.74) is 21.8. The van der Waals surface area contributed by atoms with Crippen molar-refractivity contribution in [2.75, 3.05) is 0 Å². The van der Waals surface area contributed by atoms with Gasteiger partial charge in [0.05, 0.1) is 5.41 Å². The maximum absolute atomic E-state index is 6.70. The molecule has 0 aliphatic heterocycles. The summed E-state index contributed by atoms with van der Waals surface area (Å²) in [5, 5.41) is 5.79. The number of nitrogens with zero attached hydrogens (tertiary/aromatic N) is 3. The first kappa shape index (κ1) is 41.3. The van der Waals surface area contributed by atoms with E-state index in [2.05, 4.69) is 164 Å². The van der Waals surface area contributed by atoms with E-state index < -0.39 is 5.41 Å². The summed E-state index contributed by atoms with van der Waals surface area (Å²) in [6.45, 7) is 0. The normalized spacial score (nSPS) is 13.1. The molecule has 76 heavy (non-hydrogen) atoms. The van der Waals surface area contributed by atoms with Gasteiger partial charge in [0.1, 0.15) is 33.5 Å². The van der Waals surface area contributed by atoms with Crippen LogP contribution in [0.5, 0.6) is 0 Å². The van der Waals surface area contributed by atoms with Gasteiger partial charge in [-0.25, -0.2) is 15.0 Å². The van der Waals surface area contributed by atoms with Crippen molar-refractivity contribution >= 4 is 65.8 Å². The Bertz CT molecular complexity index is 4800. The summed E-state index contributed by atoms with van der Waals surface area (Å²) < 4.78 is 19.5. The fourth-order valence-corrected chi connectivity index (χ4v) is 13.1. The molecule has 2 aliphatic rings. The molecule has 0 saturated heterocycles. The highest BCUT2D eigenvalue weighted by atomic mass is 16.3. The van der Waals surface area contributed by atoms with E-state index in [0.717, 1.165) is 99.2 Å². The molecule has 4 heterocycles. The van der Waals surface area contributed by atoms with Crippen molar-refractivity contribution in [3.8, 4) is 78.7 Å². The zero-order valence-corrected chi connectivity index (χ0v) is 40.6. The van der Waals surface area contributed by atoms with Gasteiger partial charge in [-0.2, -0.15) is 0 Å². The molecule has 11 aromatic carbocycles. The third-order valence-electron chi connectivity index (χ3n) is 16.2. The molecule has 0 atom stereocenters. The molecule has 1 spiro atoms. The summed E-state index contributed by atoms with van der Waals surface area (Å²) in [6.07, 6.45) is 0. The molecule has 0 fully saturated rings. The van der Waals surface area contributed by atoms with E-state index in [4.69, 9.17) is 28.2 Å². The summed E-state index contributed by atoms with van der Waals surface area (Å²) in [7, 11) is 0. The molecule has 352 valence electrons. The first-order valence-electron chi connectivity index (χ1n) is 25.7. The van der Waals surface area contributed by atoms with E-state index in [1.54, 1.807) is 0 Å². The molecule has 6 heteroatoms. The first-order valence-corrected chi connectivity index (χ1v) is 25.7. The lowest BCUT2D eigenvalue weighted by atomic mass is 9.70. The van der Waals surface area contributed by atoms with Gasteiger partial charge in [-0.05, 0) is 115 Å². The third-order valence-corrected chi connectivity index (χ3v) is 16.2. The van der Waals surface area contributed by atoms with Gasteiger partial charge in [-0.15, -0.1) is 0 Å². The quantitative estimate of drug-likeness (QED) is 0.171. The van der Waals surface area contributed by atoms with Crippen LogP contribution in [0, 0.1) is 0 Å². The van der Waals surface area contributed by atoms with Crippen LogP contribution in [0.3, 0.4) is 0 Å². The summed E-state index contributed by atoms with van der Waals surface area (Å²) in [4.78, 5) is 16.1. The number of para-hydroxylation sites is 2. The Kier molecular flexibility index (Phi) is 8.39. The van der Waals surface area contributed by atoms with Gasteiger partial charge in [0, 0.05) is 49.0 Å². The number of fused-ring (bicyclic) bond motifs is 19. The largest absolute Gasteiger partial charge is 0.456 e. The second-order valence-corrected chi connectivity index (χ2v) is 20.0. The van der Waals surface area contributed by atoms with Crippen LogP contribution >= 0.6 is 0 Å². The highest BCUT2D eigenvalue weighted by Gasteiger charge is 2.52. The molecule has 0 radical (unpaired) electrons. The van der Waals surface area contributed by atoms with Gasteiger partial charge >= 0.3 is 0 Å². The molecule has 15 aromatic rings. The van der Waals surface area contributed by atoms with E-state index in [0.29, 0.717) is 17.5 Å². The Morgan fingerprint density at radius 2 is 0.632 bits per heavy atom. The average molecular weight is 970 g/mol. The average Bonchev–Trinajstić information content (AvgIpc) is 4.48. The maximum atomic E-state index is 6.70. The van der Waals surface area contributed by atoms with Gasteiger partial charge in [0.15, 0.2) is 17.5 Å². The van der Waals surface area contributed by atoms with E-state index >= 15 is 0 Å². The molecular formula is C70H39N3O3. The maximum Gasteiger partial charge on any atom is 0.164 e. The van der Waals surface area contributed by atoms with Crippen molar-refractivity contribution < 1.29 is 13.3 Å². The van der Waals surface area contributed by atoms with Crippen LogP contribution in [0.4, 0.5) is 0 Å². The first-order chi connectivity index (χ1) is 37.7. The topological polar surface area (TPSA) is 78.1 Å². The smallest absolute Gasteiger partial charge is 0.164 e. The molecule has 6 nitrogen and oxygen atoms in total. The van der Waals surface area contributed by atoms with E-state index in [-0.39, 0.29) is 0 Å². The predicted molar refractivity (Wildman–Crippen MR) is 305 cm³/mol. The highest BCUT2D eigenvalue weighted by molar-refractivity contribution is 6.15. The Morgan fingerprint density at radius 1 is 0.250 bits per heavy atom. The molecule has 0 saturated carbocycles. The minimum Gasteiger partial charge on any atom is -0.456 e. The Labute approximate surface area is 434 Å². The number of rotatable bonds is 5. The van der Waals surface area contributed by atoms with Crippen LogP contribution < -0.4 is 0 Å². The minimum absolute atomic E-state index is 0.417. The number of hydrogen-bond donors (Lipinski definition) is 0. The van der Waals surface area contributed by atoms with Crippen molar-refractivity contribution in [2.45, 2.75) is 5.41 Å². The molecule has 17 rings (SSSR count). The Hall–Kier alpha value is -10.2. The van der Waals surface area contributed by atoms with Crippen LogP contribution in [0.2, 0.25) is 0 Å². The summed E-state index contributed by atoms with van der Waals surface area (Å²) >= 11 is 0. The SMILES string of the molecule is c1cc(-c2ccc3oc4cccc(-c5nc(-c6cccc7oc8ccccc8c67)nc(-c6cccc7oc8ccccc8c67)n5)c4c3c2)cc(-c2cccc3c2-c2ccccc2C32c3ccccc3-c3ccccc32)c1. The molecule has 0 bridgehead atoms. The second kappa shape index (κ2) is 15.4. The zero-order valence-electron chi connectivity index (χ0n) is 40.6. The van der Waals surface area contributed by atoms with E-state index in [9.17, 15) is 0 Å². The Balaban J connectivity index is 0.846. The fraction of sp³-hybridized carbons (Fsp3) is 0.0143. The summed E-state index contributed by atoms with van der Waals surface area (Å²) in [6, 6.07) is 83.9. The zero-order chi connectivity index (χ0) is 49.6. The second-order valence-electron chi connectivity index (χ2n) is 20.0. The van der Waals surface area contributed by atoms with Crippen LogP contribution in [0.1, 0.15) is 22.3 Å². The van der Waals surface area contributed by atoms with Crippen molar-refractivity contribution in [1.82, 2.24) is 15.0 Å². The highest BCUT2D eigenvalue weighted by Crippen LogP contribution is 2.64. The van der Waals surface area contributed by atoms with Gasteiger partial charge < -0.3 is 13.3 Å². The molecule has 0 N–H and O–H groups in total. The van der Waals surface area contributed by atoms with Crippen LogP contribution in [0.15, 0.2) is 250 Å². The van der Waals surface area contributed by atoms with Gasteiger partial charge in [0.2, 0.25) is 0 Å². The molecule has 0 amide bonds. The van der Waals surface area contributed by atoms with E-state index in [1.807, 2.05) is 72.8 Å². The van der Waals surface area contributed by atoms with Crippen LogP contribution in [-0.4, -0.2) is 15.0 Å². The van der Waals surface area contributed by atoms with E-state index in [1.165, 1.54) is 50.1 Å². The van der Waals surface area contributed by atoms with Gasteiger partial charge in [0.25, 0.3) is 0 Å².